The highest BCUT2D eigenvalue weighted by atomic mass is 35.5. The van der Waals surface area contributed by atoms with E-state index in [1.54, 1.807) is 15.2 Å². The Morgan fingerprint density at radius 2 is 1.81 bits per heavy atom. The molecule has 2 saturated heterocycles. The number of ether oxygens (including phenoxy) is 1. The van der Waals surface area contributed by atoms with Gasteiger partial charge in [-0.1, -0.05) is 0 Å². The minimum atomic E-state index is -3.43. The Balaban J connectivity index is 0.00000196. The van der Waals surface area contributed by atoms with Crippen LogP contribution >= 0.6 is 12.4 Å². The van der Waals surface area contributed by atoms with Gasteiger partial charge in [0.2, 0.25) is 10.0 Å². The number of aromatic nitrogens is 2. The lowest BCUT2D eigenvalue weighted by Crippen LogP contribution is -2.45. The third kappa shape index (κ3) is 4.59. The molecule has 9 heteroatoms. The second-order valence-electron chi connectivity index (χ2n) is 7.53. The van der Waals surface area contributed by atoms with E-state index in [0.29, 0.717) is 37.2 Å². The van der Waals surface area contributed by atoms with Crippen LogP contribution in [0.1, 0.15) is 44.6 Å². The van der Waals surface area contributed by atoms with Gasteiger partial charge in [0.05, 0.1) is 12.2 Å². The maximum Gasteiger partial charge on any atom is 0.246 e. The van der Waals surface area contributed by atoms with Gasteiger partial charge in [-0.15, -0.1) is 12.4 Å². The second kappa shape index (κ2) is 8.56. The Morgan fingerprint density at radius 3 is 2.46 bits per heavy atom. The molecule has 3 aliphatic rings. The average molecular weight is 405 g/mol. The zero-order chi connectivity index (χ0) is 17.3. The van der Waals surface area contributed by atoms with E-state index in [2.05, 4.69) is 10.4 Å². The summed E-state index contributed by atoms with van der Waals surface area (Å²) >= 11 is 0. The second-order valence-corrected chi connectivity index (χ2v) is 9.47. The number of hydrogen-bond acceptors (Lipinski definition) is 5. The molecule has 1 aliphatic carbocycles. The first-order chi connectivity index (χ1) is 12.1. The summed E-state index contributed by atoms with van der Waals surface area (Å²) in [5.74, 6) is 0.859. The van der Waals surface area contributed by atoms with Gasteiger partial charge in [-0.25, -0.2) is 8.42 Å². The number of halogens is 1. The standard InChI is InChI=1S/C17H28N4O3S.ClH/c22-25(23,17-12-19-21(13-17)16-5-9-24-10-6-16)20-7-3-15(4-8-20)18-11-14-1-2-14;/h12-16,18H,1-11H2;1H. The molecule has 1 N–H and O–H groups in total. The molecule has 0 bridgehead atoms. The highest BCUT2D eigenvalue weighted by molar-refractivity contribution is 7.89. The van der Waals surface area contributed by atoms with E-state index in [1.165, 1.54) is 19.0 Å². The summed E-state index contributed by atoms with van der Waals surface area (Å²) < 4.78 is 34.6. The minimum absolute atomic E-state index is 0. The molecular weight excluding hydrogens is 376 g/mol. The highest BCUT2D eigenvalue weighted by Crippen LogP contribution is 2.28. The number of rotatable bonds is 6. The summed E-state index contributed by atoms with van der Waals surface area (Å²) in [5, 5.41) is 7.91. The van der Waals surface area contributed by atoms with E-state index in [-0.39, 0.29) is 18.4 Å². The Bertz CT molecular complexity index is 678. The fraction of sp³-hybridized carbons (Fsp3) is 0.824. The third-order valence-corrected chi connectivity index (χ3v) is 7.48. The van der Waals surface area contributed by atoms with Crippen molar-refractivity contribution in [2.75, 3.05) is 32.8 Å². The molecule has 3 fully saturated rings. The van der Waals surface area contributed by atoms with Crippen molar-refractivity contribution in [1.82, 2.24) is 19.4 Å². The van der Waals surface area contributed by atoms with Crippen LogP contribution in [0.4, 0.5) is 0 Å². The van der Waals surface area contributed by atoms with E-state index in [9.17, 15) is 8.42 Å². The summed E-state index contributed by atoms with van der Waals surface area (Å²) in [6, 6.07) is 0.701. The molecule has 26 heavy (non-hydrogen) atoms. The fourth-order valence-electron chi connectivity index (χ4n) is 3.71. The molecule has 2 aliphatic heterocycles. The number of sulfonamides is 1. The topological polar surface area (TPSA) is 76.5 Å². The van der Waals surface area contributed by atoms with E-state index in [0.717, 1.165) is 38.1 Å². The normalized spacial score (nSPS) is 23.7. The van der Waals surface area contributed by atoms with Gasteiger partial charge < -0.3 is 10.1 Å². The van der Waals surface area contributed by atoms with E-state index >= 15 is 0 Å². The van der Waals surface area contributed by atoms with E-state index < -0.39 is 10.0 Å². The number of nitrogens with zero attached hydrogens (tertiary/aromatic N) is 3. The molecule has 0 spiro atoms. The molecule has 4 rings (SSSR count). The van der Waals surface area contributed by atoms with Crippen LogP contribution in [-0.2, 0) is 14.8 Å². The van der Waals surface area contributed by atoms with Crippen LogP contribution in [0, 0.1) is 5.92 Å². The van der Waals surface area contributed by atoms with Crippen molar-refractivity contribution in [3.63, 3.8) is 0 Å². The zero-order valence-electron chi connectivity index (χ0n) is 15.0. The molecule has 1 saturated carbocycles. The van der Waals surface area contributed by atoms with Crippen molar-refractivity contribution in [3.05, 3.63) is 12.4 Å². The summed E-state index contributed by atoms with van der Waals surface area (Å²) in [7, 11) is -3.43. The Morgan fingerprint density at radius 1 is 1.12 bits per heavy atom. The monoisotopic (exact) mass is 404 g/mol. The fourth-order valence-corrected chi connectivity index (χ4v) is 5.12. The van der Waals surface area contributed by atoms with Gasteiger partial charge >= 0.3 is 0 Å². The zero-order valence-corrected chi connectivity index (χ0v) is 16.7. The predicted octanol–water partition coefficient (Wildman–Crippen LogP) is 1.81. The van der Waals surface area contributed by atoms with Gasteiger partial charge in [-0.05, 0) is 51.0 Å². The Labute approximate surface area is 161 Å². The molecular formula is C17H29ClN4O3S. The molecule has 0 amide bonds. The summed E-state index contributed by atoms with van der Waals surface area (Å²) in [5.41, 5.74) is 0. The maximum absolute atomic E-state index is 12.9. The van der Waals surface area contributed by atoms with Crippen molar-refractivity contribution < 1.29 is 13.2 Å². The smallest absolute Gasteiger partial charge is 0.246 e. The number of nitrogens with one attached hydrogen (secondary N) is 1. The van der Waals surface area contributed by atoms with Crippen LogP contribution in [0.15, 0.2) is 17.3 Å². The van der Waals surface area contributed by atoms with Crippen LogP contribution in [0.5, 0.6) is 0 Å². The first kappa shape index (κ1) is 20.1. The van der Waals surface area contributed by atoms with Crippen molar-refractivity contribution in [2.45, 2.75) is 55.5 Å². The number of piperidine rings is 1. The van der Waals surface area contributed by atoms with Crippen LogP contribution in [-0.4, -0.2) is 61.4 Å². The largest absolute Gasteiger partial charge is 0.381 e. The van der Waals surface area contributed by atoms with Crippen molar-refractivity contribution in [3.8, 4) is 0 Å². The Hall–Kier alpha value is -0.670. The Kier molecular flexibility index (Phi) is 6.61. The van der Waals surface area contributed by atoms with Gasteiger partial charge in [0.25, 0.3) is 0 Å². The first-order valence-electron chi connectivity index (χ1n) is 9.48. The molecule has 0 aromatic carbocycles. The molecule has 148 valence electrons. The molecule has 1 aromatic rings. The summed E-state index contributed by atoms with van der Waals surface area (Å²) in [6.45, 7) is 3.71. The minimum Gasteiger partial charge on any atom is -0.381 e. The average Bonchev–Trinajstić information content (AvgIpc) is 3.34. The first-order valence-corrected chi connectivity index (χ1v) is 10.9. The lowest BCUT2D eigenvalue weighted by atomic mass is 10.1. The van der Waals surface area contributed by atoms with Crippen molar-refractivity contribution in [1.29, 1.82) is 0 Å². The summed E-state index contributed by atoms with van der Waals surface area (Å²) in [6.07, 6.45) is 9.44. The molecule has 0 radical (unpaired) electrons. The molecule has 3 heterocycles. The molecule has 1 aromatic heterocycles. The lowest BCUT2D eigenvalue weighted by molar-refractivity contribution is 0.0662. The summed E-state index contributed by atoms with van der Waals surface area (Å²) in [4.78, 5) is 0.323. The molecule has 0 atom stereocenters. The van der Waals surface area contributed by atoms with Gasteiger partial charge in [0.15, 0.2) is 0 Å². The van der Waals surface area contributed by atoms with Crippen molar-refractivity contribution >= 4 is 22.4 Å². The van der Waals surface area contributed by atoms with Gasteiger partial charge in [0.1, 0.15) is 4.90 Å². The SMILES string of the molecule is Cl.O=S(=O)(c1cnn(C2CCOCC2)c1)N1CCC(NCC2CC2)CC1. The quantitative estimate of drug-likeness (QED) is 0.782. The van der Waals surface area contributed by atoms with Crippen LogP contribution in [0.3, 0.4) is 0 Å². The maximum atomic E-state index is 12.9. The van der Waals surface area contributed by atoms with E-state index in [4.69, 9.17) is 4.74 Å². The van der Waals surface area contributed by atoms with Crippen LogP contribution in [0.2, 0.25) is 0 Å². The number of hydrogen-bond donors (Lipinski definition) is 1. The van der Waals surface area contributed by atoms with Gasteiger partial charge in [-0.2, -0.15) is 9.40 Å². The van der Waals surface area contributed by atoms with E-state index in [1.807, 2.05) is 0 Å². The molecule has 7 nitrogen and oxygen atoms in total. The van der Waals surface area contributed by atoms with Crippen LogP contribution < -0.4 is 5.32 Å². The van der Waals surface area contributed by atoms with Crippen molar-refractivity contribution in [2.24, 2.45) is 5.92 Å². The van der Waals surface area contributed by atoms with Crippen LogP contribution in [0.25, 0.3) is 0 Å². The molecule has 0 unspecified atom stereocenters. The predicted molar refractivity (Wildman–Crippen MR) is 101 cm³/mol. The third-order valence-electron chi connectivity index (χ3n) is 5.63. The van der Waals surface area contributed by atoms with Gasteiger partial charge in [-0.3, -0.25) is 4.68 Å². The lowest BCUT2D eigenvalue weighted by Gasteiger charge is -2.31. The highest BCUT2D eigenvalue weighted by Gasteiger charge is 2.31. The van der Waals surface area contributed by atoms with Gasteiger partial charge in [0, 0.05) is 38.5 Å².